The summed E-state index contributed by atoms with van der Waals surface area (Å²) in [5.41, 5.74) is 6.35. The fourth-order valence-corrected chi connectivity index (χ4v) is 7.29. The zero-order valence-corrected chi connectivity index (χ0v) is 27.1. The molecular weight excluding hydrogens is 635 g/mol. The number of piperidine rings is 1. The predicted octanol–water partition coefficient (Wildman–Crippen LogP) is 2.84. The Morgan fingerprint density at radius 3 is 2.60 bits per heavy atom. The molecule has 2 aliphatic rings. The van der Waals surface area contributed by atoms with Gasteiger partial charge >= 0.3 is 0 Å². The SMILES string of the molecule is CS(=O)(=O)N[C@H](CCC1CCNCC1)C(=O)N1C[C@H](OCc2ccc(Cl)c(Cl)c2)CC1C(=O)NCc1ccc(C(=N)N)s1. The van der Waals surface area contributed by atoms with E-state index in [1.54, 1.807) is 30.3 Å². The number of amides is 2. The van der Waals surface area contributed by atoms with E-state index in [1.165, 1.54) is 16.2 Å². The molecular formula is C28H38Cl2N6O5S2. The number of nitrogen functional groups attached to an aromatic ring is 1. The van der Waals surface area contributed by atoms with Crippen molar-refractivity contribution >= 4 is 62.2 Å². The maximum atomic E-state index is 13.9. The quantitative estimate of drug-likeness (QED) is 0.161. The standard InChI is InChI=1S/C28H38Cl2N6O5S2/c1-43(39,40)35-23(6-3-17-8-10-33-11-9-17)28(38)36-15-19(41-16-18-2-5-21(29)22(30)12-18)13-24(36)27(37)34-14-20-4-7-25(42-20)26(31)32/h2,4-5,7,12,17,19,23-24,33,35H,3,6,8-11,13-16H2,1H3,(H3,31,32)(H,34,37)/t19-,23-,24?/m1/s1. The third-order valence-electron chi connectivity index (χ3n) is 7.66. The summed E-state index contributed by atoms with van der Waals surface area (Å²) in [5.74, 6) is -0.479. The van der Waals surface area contributed by atoms with Crippen LogP contribution in [0.25, 0.3) is 0 Å². The number of likely N-dealkylation sites (tertiary alicyclic amines) is 1. The zero-order valence-electron chi connectivity index (χ0n) is 23.9. The normalized spacial score (nSPS) is 20.2. The number of carbonyl (C=O) groups is 2. The van der Waals surface area contributed by atoms with E-state index in [-0.39, 0.29) is 37.9 Å². The van der Waals surface area contributed by atoms with Crippen LogP contribution in [0.2, 0.25) is 10.0 Å². The van der Waals surface area contributed by atoms with Crippen molar-refractivity contribution in [3.8, 4) is 0 Å². The highest BCUT2D eigenvalue weighted by atomic mass is 35.5. The van der Waals surface area contributed by atoms with Gasteiger partial charge in [-0.15, -0.1) is 11.3 Å². The molecule has 11 nitrogen and oxygen atoms in total. The number of nitrogens with one attached hydrogen (secondary N) is 4. The molecule has 0 bridgehead atoms. The summed E-state index contributed by atoms with van der Waals surface area (Å²) in [6, 6.07) is 6.82. The van der Waals surface area contributed by atoms with Crippen LogP contribution in [0.3, 0.4) is 0 Å². The number of nitrogens with two attached hydrogens (primary N) is 1. The summed E-state index contributed by atoms with van der Waals surface area (Å²) >= 11 is 13.5. The second kappa shape index (κ2) is 15.2. The van der Waals surface area contributed by atoms with Crippen molar-refractivity contribution in [2.75, 3.05) is 25.9 Å². The van der Waals surface area contributed by atoms with Gasteiger partial charge in [-0.3, -0.25) is 15.0 Å². The Bertz CT molecular complexity index is 1420. The van der Waals surface area contributed by atoms with Gasteiger partial charge in [-0.25, -0.2) is 13.1 Å². The topological polar surface area (TPSA) is 167 Å². The summed E-state index contributed by atoms with van der Waals surface area (Å²) in [5, 5.41) is 14.6. The smallest absolute Gasteiger partial charge is 0.243 e. The van der Waals surface area contributed by atoms with Crippen molar-refractivity contribution < 1.29 is 22.7 Å². The first-order valence-corrected chi connectivity index (χ1v) is 17.6. The van der Waals surface area contributed by atoms with Crippen LogP contribution in [0.1, 0.15) is 47.4 Å². The number of hydrogen-bond acceptors (Lipinski definition) is 8. The minimum Gasteiger partial charge on any atom is -0.383 e. The second-order valence-electron chi connectivity index (χ2n) is 11.0. The van der Waals surface area contributed by atoms with Crippen molar-refractivity contribution in [3.63, 3.8) is 0 Å². The molecule has 1 unspecified atom stereocenters. The molecule has 2 amide bonds. The summed E-state index contributed by atoms with van der Waals surface area (Å²) < 4.78 is 33.2. The molecule has 1 aromatic heterocycles. The number of nitrogens with zero attached hydrogens (tertiary/aromatic N) is 1. The van der Waals surface area contributed by atoms with Gasteiger partial charge in [0.2, 0.25) is 21.8 Å². The molecule has 2 fully saturated rings. The number of benzene rings is 1. The average molecular weight is 674 g/mol. The first-order valence-electron chi connectivity index (χ1n) is 14.1. The van der Waals surface area contributed by atoms with E-state index >= 15 is 0 Å². The Morgan fingerprint density at radius 2 is 1.95 bits per heavy atom. The van der Waals surface area contributed by atoms with Crippen LogP contribution in [0.4, 0.5) is 0 Å². The fourth-order valence-electron chi connectivity index (χ4n) is 5.43. The molecule has 6 N–H and O–H groups in total. The number of sulfonamides is 1. The molecule has 1 aromatic carbocycles. The number of amidine groups is 1. The predicted molar refractivity (Wildman–Crippen MR) is 169 cm³/mol. The maximum Gasteiger partial charge on any atom is 0.243 e. The largest absolute Gasteiger partial charge is 0.383 e. The van der Waals surface area contributed by atoms with E-state index in [9.17, 15) is 18.0 Å². The van der Waals surface area contributed by atoms with Crippen LogP contribution in [0, 0.1) is 11.3 Å². The Balaban J connectivity index is 1.49. The lowest BCUT2D eigenvalue weighted by atomic mass is 9.91. The molecule has 0 radical (unpaired) electrons. The zero-order chi connectivity index (χ0) is 31.1. The molecule has 0 spiro atoms. The highest BCUT2D eigenvalue weighted by molar-refractivity contribution is 7.88. The Labute approximate surface area is 266 Å². The number of thiophene rings is 1. The number of rotatable bonds is 13. The molecule has 2 aliphatic heterocycles. The van der Waals surface area contributed by atoms with E-state index in [1.807, 2.05) is 0 Å². The van der Waals surface area contributed by atoms with Gasteiger partial charge in [0.25, 0.3) is 0 Å². The monoisotopic (exact) mass is 672 g/mol. The van der Waals surface area contributed by atoms with Gasteiger partial charge in [0.05, 0.1) is 40.4 Å². The molecule has 43 heavy (non-hydrogen) atoms. The van der Waals surface area contributed by atoms with E-state index < -0.39 is 34.1 Å². The van der Waals surface area contributed by atoms with Gasteiger partial charge in [-0.05, 0) is 74.5 Å². The first kappa shape index (κ1) is 33.6. The van der Waals surface area contributed by atoms with Crippen LogP contribution in [-0.2, 0) is 37.5 Å². The van der Waals surface area contributed by atoms with Gasteiger partial charge in [0.15, 0.2) is 0 Å². The molecule has 15 heteroatoms. The number of ether oxygens (including phenoxy) is 1. The lowest BCUT2D eigenvalue weighted by Crippen LogP contribution is -2.53. The second-order valence-corrected chi connectivity index (χ2v) is 14.8. The summed E-state index contributed by atoms with van der Waals surface area (Å²) in [4.78, 5) is 30.3. The summed E-state index contributed by atoms with van der Waals surface area (Å²) in [7, 11) is -3.70. The van der Waals surface area contributed by atoms with E-state index in [4.69, 9.17) is 39.1 Å². The van der Waals surface area contributed by atoms with Crippen LogP contribution >= 0.6 is 34.5 Å². The highest BCUT2D eigenvalue weighted by Gasteiger charge is 2.42. The highest BCUT2D eigenvalue weighted by Crippen LogP contribution is 2.27. The molecule has 0 saturated carbocycles. The molecule has 4 rings (SSSR count). The third kappa shape index (κ3) is 9.87. The average Bonchev–Trinajstić information content (AvgIpc) is 3.62. The number of halogens is 2. The van der Waals surface area contributed by atoms with Crippen LogP contribution in [0.15, 0.2) is 30.3 Å². The van der Waals surface area contributed by atoms with Crippen molar-refractivity contribution in [2.45, 2.75) is 63.4 Å². The minimum absolute atomic E-state index is 0.0500. The van der Waals surface area contributed by atoms with E-state index in [0.717, 1.165) is 42.6 Å². The number of hydrogen-bond donors (Lipinski definition) is 5. The van der Waals surface area contributed by atoms with Gasteiger partial charge in [-0.1, -0.05) is 29.3 Å². The summed E-state index contributed by atoms with van der Waals surface area (Å²) in [6.07, 6.45) is 3.76. The van der Waals surface area contributed by atoms with Gasteiger partial charge < -0.3 is 26.0 Å². The van der Waals surface area contributed by atoms with Crippen LogP contribution in [-0.4, -0.2) is 75.0 Å². The molecule has 2 aromatic rings. The molecule has 0 aliphatic carbocycles. The van der Waals surface area contributed by atoms with E-state index in [2.05, 4.69) is 15.4 Å². The molecule has 3 heterocycles. The third-order valence-corrected chi connectivity index (χ3v) is 10.2. The Morgan fingerprint density at radius 1 is 1.21 bits per heavy atom. The maximum absolute atomic E-state index is 13.9. The Kier molecular flexibility index (Phi) is 11.8. The van der Waals surface area contributed by atoms with Crippen LogP contribution < -0.4 is 21.1 Å². The lowest BCUT2D eigenvalue weighted by Gasteiger charge is -2.29. The van der Waals surface area contributed by atoms with Crippen molar-refractivity contribution in [2.24, 2.45) is 11.7 Å². The minimum atomic E-state index is -3.70. The van der Waals surface area contributed by atoms with E-state index in [0.29, 0.717) is 33.7 Å². The summed E-state index contributed by atoms with van der Waals surface area (Å²) in [6.45, 7) is 2.31. The van der Waals surface area contributed by atoms with Gasteiger partial charge in [0.1, 0.15) is 17.9 Å². The van der Waals surface area contributed by atoms with Gasteiger partial charge in [0, 0.05) is 17.8 Å². The fraction of sp³-hybridized carbons (Fsp3) is 0.536. The van der Waals surface area contributed by atoms with Crippen molar-refractivity contribution in [3.05, 3.63) is 55.7 Å². The molecule has 236 valence electrons. The Hall–Kier alpha value is -2.26. The van der Waals surface area contributed by atoms with Gasteiger partial charge in [-0.2, -0.15) is 0 Å². The van der Waals surface area contributed by atoms with Crippen molar-refractivity contribution in [1.29, 1.82) is 5.41 Å². The van der Waals surface area contributed by atoms with Crippen LogP contribution in [0.5, 0.6) is 0 Å². The molecule has 2 saturated heterocycles. The lowest BCUT2D eigenvalue weighted by molar-refractivity contribution is -0.140. The number of carbonyl (C=O) groups excluding carboxylic acids is 2. The first-order chi connectivity index (χ1) is 20.4. The molecule has 3 atom stereocenters. The van der Waals surface area contributed by atoms with Crippen molar-refractivity contribution in [1.82, 2.24) is 20.3 Å².